The van der Waals surface area contributed by atoms with Crippen LogP contribution in [0.15, 0.2) is 65.6 Å². The van der Waals surface area contributed by atoms with Crippen molar-refractivity contribution in [2.24, 2.45) is 0 Å². The van der Waals surface area contributed by atoms with Crippen molar-refractivity contribution in [3.63, 3.8) is 0 Å². The van der Waals surface area contributed by atoms with Gasteiger partial charge < -0.3 is 0 Å². The molecular formula is C17H18O2S. The minimum Gasteiger partial charge on any atom is -0.223 e. The van der Waals surface area contributed by atoms with Gasteiger partial charge in [-0.2, -0.15) is 0 Å². The van der Waals surface area contributed by atoms with Crippen LogP contribution in [0.25, 0.3) is 5.57 Å². The molecule has 104 valence electrons. The smallest absolute Gasteiger partial charge is 0.182 e. The van der Waals surface area contributed by atoms with Crippen molar-refractivity contribution in [2.75, 3.05) is 5.75 Å². The number of hydrogen-bond acceptors (Lipinski definition) is 2. The number of benzene rings is 2. The lowest BCUT2D eigenvalue weighted by Crippen LogP contribution is -2.08. The summed E-state index contributed by atoms with van der Waals surface area (Å²) >= 11 is 0. The van der Waals surface area contributed by atoms with Gasteiger partial charge in [-0.1, -0.05) is 54.1 Å². The lowest BCUT2D eigenvalue weighted by atomic mass is 10.1. The third-order valence-electron chi connectivity index (χ3n) is 3.22. The van der Waals surface area contributed by atoms with Crippen molar-refractivity contribution in [2.45, 2.75) is 18.7 Å². The minimum atomic E-state index is -3.30. The van der Waals surface area contributed by atoms with Gasteiger partial charge in [0.05, 0.1) is 10.6 Å². The molecule has 3 heteroatoms. The molecule has 0 aromatic heterocycles. The van der Waals surface area contributed by atoms with Crippen LogP contribution >= 0.6 is 0 Å². The number of hydrogen-bond donors (Lipinski definition) is 0. The fourth-order valence-electron chi connectivity index (χ4n) is 2.02. The lowest BCUT2D eigenvalue weighted by Gasteiger charge is -2.09. The summed E-state index contributed by atoms with van der Waals surface area (Å²) < 4.78 is 24.9. The molecule has 0 amide bonds. The highest BCUT2D eigenvalue weighted by molar-refractivity contribution is 7.91. The maximum Gasteiger partial charge on any atom is 0.182 e. The second-order valence-corrected chi connectivity index (χ2v) is 6.74. The van der Waals surface area contributed by atoms with E-state index in [9.17, 15) is 8.42 Å². The van der Waals surface area contributed by atoms with Crippen LogP contribution in [0.4, 0.5) is 0 Å². The number of allylic oxidation sites excluding steroid dienone is 1. The summed E-state index contributed by atoms with van der Waals surface area (Å²) in [6, 6.07) is 16.6. The summed E-state index contributed by atoms with van der Waals surface area (Å²) in [5.41, 5.74) is 2.83. The zero-order chi connectivity index (χ0) is 14.6. The van der Waals surface area contributed by atoms with Gasteiger partial charge in [0, 0.05) is 0 Å². The van der Waals surface area contributed by atoms with E-state index in [1.165, 1.54) is 0 Å². The number of sulfone groups is 1. The molecule has 0 saturated carbocycles. The van der Waals surface area contributed by atoms with E-state index < -0.39 is 9.84 Å². The van der Waals surface area contributed by atoms with Crippen molar-refractivity contribution < 1.29 is 8.42 Å². The molecular weight excluding hydrogens is 268 g/mol. The molecule has 0 aliphatic carbocycles. The molecule has 0 aliphatic rings. The summed E-state index contributed by atoms with van der Waals surface area (Å²) in [5.74, 6) is 0.0244. The molecule has 20 heavy (non-hydrogen) atoms. The van der Waals surface area contributed by atoms with Crippen LogP contribution in [-0.4, -0.2) is 14.2 Å². The monoisotopic (exact) mass is 286 g/mol. The van der Waals surface area contributed by atoms with Crippen LogP contribution in [0.2, 0.25) is 0 Å². The van der Waals surface area contributed by atoms with Crippen LogP contribution < -0.4 is 0 Å². The molecule has 0 bridgehead atoms. The highest BCUT2D eigenvalue weighted by Gasteiger charge is 2.17. The Morgan fingerprint density at radius 3 is 2.15 bits per heavy atom. The van der Waals surface area contributed by atoms with Crippen LogP contribution in [-0.2, 0) is 9.84 Å². The van der Waals surface area contributed by atoms with Gasteiger partial charge in [0.2, 0.25) is 0 Å². The standard InChI is InChI=1S/C17H18O2S/c1-3-15(16-7-5-4-6-8-16)13-20(18,19)17-11-9-14(2)10-12-17/h3-12H,13H2,1-2H3. The third kappa shape index (κ3) is 3.36. The van der Waals surface area contributed by atoms with Crippen molar-refractivity contribution in [3.8, 4) is 0 Å². The molecule has 0 radical (unpaired) electrons. The van der Waals surface area contributed by atoms with Crippen LogP contribution in [0, 0.1) is 6.92 Å². The molecule has 0 N–H and O–H groups in total. The zero-order valence-corrected chi connectivity index (χ0v) is 12.5. The Labute approximate surface area is 120 Å². The maximum atomic E-state index is 12.4. The quantitative estimate of drug-likeness (QED) is 0.855. The third-order valence-corrected chi connectivity index (χ3v) is 4.90. The fourth-order valence-corrected chi connectivity index (χ4v) is 3.48. The van der Waals surface area contributed by atoms with Crippen molar-refractivity contribution in [1.82, 2.24) is 0 Å². The van der Waals surface area contributed by atoms with E-state index in [4.69, 9.17) is 0 Å². The van der Waals surface area contributed by atoms with E-state index in [0.29, 0.717) is 4.90 Å². The van der Waals surface area contributed by atoms with Gasteiger partial charge in [0.25, 0.3) is 0 Å². The number of aryl methyl sites for hydroxylation is 1. The van der Waals surface area contributed by atoms with E-state index >= 15 is 0 Å². The van der Waals surface area contributed by atoms with Gasteiger partial charge in [-0.25, -0.2) is 8.42 Å². The Bertz CT molecular complexity index is 696. The first-order chi connectivity index (χ1) is 9.53. The van der Waals surface area contributed by atoms with E-state index in [1.54, 1.807) is 12.1 Å². The second-order valence-electron chi connectivity index (χ2n) is 4.75. The first-order valence-electron chi connectivity index (χ1n) is 6.53. The van der Waals surface area contributed by atoms with Gasteiger partial charge in [-0.15, -0.1) is 0 Å². The first kappa shape index (κ1) is 14.5. The van der Waals surface area contributed by atoms with Crippen LogP contribution in [0.5, 0.6) is 0 Å². The molecule has 2 aromatic carbocycles. The zero-order valence-electron chi connectivity index (χ0n) is 11.7. The van der Waals surface area contributed by atoms with E-state index in [0.717, 1.165) is 16.7 Å². The molecule has 0 unspecified atom stereocenters. The lowest BCUT2D eigenvalue weighted by molar-refractivity contribution is 0.599. The summed E-state index contributed by atoms with van der Waals surface area (Å²) in [5, 5.41) is 0. The van der Waals surface area contributed by atoms with E-state index in [2.05, 4.69) is 0 Å². The number of rotatable bonds is 4. The maximum absolute atomic E-state index is 12.4. The van der Waals surface area contributed by atoms with Crippen molar-refractivity contribution >= 4 is 15.4 Å². The topological polar surface area (TPSA) is 34.1 Å². The van der Waals surface area contributed by atoms with Gasteiger partial charge in [-0.3, -0.25) is 0 Å². The predicted molar refractivity (Wildman–Crippen MR) is 83.3 cm³/mol. The van der Waals surface area contributed by atoms with E-state index in [-0.39, 0.29) is 5.75 Å². The van der Waals surface area contributed by atoms with Crippen LogP contribution in [0.1, 0.15) is 18.1 Å². The molecule has 0 atom stereocenters. The minimum absolute atomic E-state index is 0.0244. The Balaban J connectivity index is 2.30. The normalized spacial score (nSPS) is 12.4. The average Bonchev–Trinajstić information content (AvgIpc) is 2.46. The summed E-state index contributed by atoms with van der Waals surface area (Å²) in [6.45, 7) is 3.81. The average molecular weight is 286 g/mol. The fraction of sp³-hybridized carbons (Fsp3) is 0.176. The second kappa shape index (κ2) is 6.06. The first-order valence-corrected chi connectivity index (χ1v) is 8.18. The Morgan fingerprint density at radius 1 is 1.00 bits per heavy atom. The molecule has 2 aromatic rings. The van der Waals surface area contributed by atoms with Gasteiger partial charge in [-0.05, 0) is 37.1 Å². The molecule has 0 heterocycles. The molecule has 2 rings (SSSR count). The van der Waals surface area contributed by atoms with Gasteiger partial charge in [0.1, 0.15) is 0 Å². The Morgan fingerprint density at radius 2 is 1.60 bits per heavy atom. The summed E-state index contributed by atoms with van der Waals surface area (Å²) in [7, 11) is -3.30. The van der Waals surface area contributed by atoms with E-state index in [1.807, 2.05) is 62.4 Å². The molecule has 0 aliphatic heterocycles. The molecule has 0 fully saturated rings. The largest absolute Gasteiger partial charge is 0.223 e. The van der Waals surface area contributed by atoms with Gasteiger partial charge >= 0.3 is 0 Å². The Kier molecular flexibility index (Phi) is 4.40. The van der Waals surface area contributed by atoms with Crippen molar-refractivity contribution in [3.05, 3.63) is 71.8 Å². The summed E-state index contributed by atoms with van der Waals surface area (Å²) in [6.07, 6.45) is 1.86. The molecule has 0 saturated heterocycles. The van der Waals surface area contributed by atoms with Gasteiger partial charge in [0.15, 0.2) is 9.84 Å². The Hall–Kier alpha value is -1.87. The SMILES string of the molecule is CC=C(CS(=O)(=O)c1ccc(C)cc1)c1ccccc1. The van der Waals surface area contributed by atoms with Crippen LogP contribution in [0.3, 0.4) is 0 Å². The molecule has 2 nitrogen and oxygen atoms in total. The van der Waals surface area contributed by atoms with Crippen molar-refractivity contribution in [1.29, 1.82) is 0 Å². The molecule has 0 spiro atoms. The summed E-state index contributed by atoms with van der Waals surface area (Å²) in [4.78, 5) is 0.374. The highest BCUT2D eigenvalue weighted by atomic mass is 32.2. The highest BCUT2D eigenvalue weighted by Crippen LogP contribution is 2.21. The predicted octanol–water partition coefficient (Wildman–Crippen LogP) is 3.87.